The van der Waals surface area contributed by atoms with Gasteiger partial charge in [0.15, 0.2) is 5.82 Å². The number of morpholine rings is 2. The van der Waals surface area contributed by atoms with Crippen LogP contribution in [0.2, 0.25) is 0 Å². The molecule has 46 heavy (non-hydrogen) atoms. The number of hydrogen-bond donors (Lipinski definition) is 2. The zero-order valence-corrected chi connectivity index (χ0v) is 27.6. The molecule has 4 atom stereocenters. The molecule has 3 fully saturated rings. The van der Waals surface area contributed by atoms with Crippen LogP contribution in [0.25, 0.3) is 11.4 Å². The first kappa shape index (κ1) is 32.0. The van der Waals surface area contributed by atoms with E-state index in [1.54, 1.807) is 6.20 Å². The molecular formula is C34H47N9O3. The average Bonchev–Trinajstić information content (AvgIpc) is 3.05. The predicted octanol–water partition coefficient (Wildman–Crippen LogP) is 4.55. The lowest BCUT2D eigenvalue weighted by Crippen LogP contribution is -2.47. The van der Waals surface area contributed by atoms with E-state index < -0.39 is 0 Å². The van der Waals surface area contributed by atoms with E-state index in [0.29, 0.717) is 17.2 Å². The topological polar surface area (TPSA) is 111 Å². The second-order valence-electron chi connectivity index (χ2n) is 12.8. The van der Waals surface area contributed by atoms with Crippen LogP contribution in [0.4, 0.5) is 33.6 Å². The van der Waals surface area contributed by atoms with Gasteiger partial charge in [0.05, 0.1) is 36.3 Å². The van der Waals surface area contributed by atoms with E-state index in [9.17, 15) is 4.79 Å². The number of benzene rings is 1. The van der Waals surface area contributed by atoms with Gasteiger partial charge in [-0.2, -0.15) is 0 Å². The molecule has 2 N–H and O–H groups in total. The summed E-state index contributed by atoms with van der Waals surface area (Å²) in [6.45, 7) is 15.5. The van der Waals surface area contributed by atoms with Crippen LogP contribution in [0, 0.1) is 0 Å². The Morgan fingerprint density at radius 1 is 0.761 bits per heavy atom. The van der Waals surface area contributed by atoms with E-state index in [-0.39, 0.29) is 30.4 Å². The van der Waals surface area contributed by atoms with Crippen molar-refractivity contribution in [3.05, 3.63) is 48.7 Å². The van der Waals surface area contributed by atoms with Gasteiger partial charge in [-0.15, -0.1) is 0 Å². The third-order valence-corrected chi connectivity index (χ3v) is 8.78. The molecule has 2 unspecified atom stereocenters. The predicted molar refractivity (Wildman–Crippen MR) is 183 cm³/mol. The second-order valence-corrected chi connectivity index (χ2v) is 12.8. The summed E-state index contributed by atoms with van der Waals surface area (Å²) in [5.41, 5.74) is 2.18. The Hall–Kier alpha value is -4.00. The summed E-state index contributed by atoms with van der Waals surface area (Å²) < 4.78 is 12.1. The van der Waals surface area contributed by atoms with Crippen molar-refractivity contribution in [3.63, 3.8) is 0 Å². The summed E-state index contributed by atoms with van der Waals surface area (Å²) in [4.78, 5) is 36.6. The first-order valence-electron chi connectivity index (χ1n) is 16.5. The second kappa shape index (κ2) is 14.2. The number of carbonyl (C=O) groups excluding carboxylic acids is 1. The number of urea groups is 1. The van der Waals surface area contributed by atoms with Crippen LogP contribution in [-0.2, 0) is 9.47 Å². The van der Waals surface area contributed by atoms with Crippen molar-refractivity contribution in [1.29, 1.82) is 0 Å². The molecule has 12 nitrogen and oxygen atoms in total. The third kappa shape index (κ3) is 7.86. The lowest BCUT2D eigenvalue weighted by atomic mass is 10.1. The average molecular weight is 630 g/mol. The van der Waals surface area contributed by atoms with Gasteiger partial charge in [-0.25, -0.2) is 19.7 Å². The molecule has 3 aliphatic rings. The quantitative estimate of drug-likeness (QED) is 0.386. The fourth-order valence-corrected chi connectivity index (χ4v) is 6.38. The van der Waals surface area contributed by atoms with Crippen LogP contribution in [0.15, 0.2) is 48.7 Å². The third-order valence-electron chi connectivity index (χ3n) is 8.78. The summed E-state index contributed by atoms with van der Waals surface area (Å²) >= 11 is 0. The number of amides is 2. The highest BCUT2D eigenvalue weighted by atomic mass is 16.5. The normalized spacial score (nSPS) is 24.2. The van der Waals surface area contributed by atoms with E-state index in [2.05, 4.69) is 76.0 Å². The number of nitrogens with one attached hydrogen (secondary N) is 2. The monoisotopic (exact) mass is 629 g/mol. The molecule has 0 radical (unpaired) electrons. The molecule has 3 aromatic rings. The van der Waals surface area contributed by atoms with Crippen molar-refractivity contribution in [2.24, 2.45) is 0 Å². The molecule has 1 aromatic carbocycles. The largest absolute Gasteiger partial charge is 0.372 e. The number of rotatable bonds is 7. The van der Waals surface area contributed by atoms with Gasteiger partial charge in [0, 0.05) is 69.7 Å². The molecule has 2 amide bonds. The molecule has 0 aliphatic carbocycles. The van der Waals surface area contributed by atoms with E-state index >= 15 is 0 Å². The highest BCUT2D eigenvalue weighted by Gasteiger charge is 2.28. The van der Waals surface area contributed by atoms with E-state index in [0.717, 1.165) is 81.8 Å². The Balaban J connectivity index is 1.16. The van der Waals surface area contributed by atoms with Crippen LogP contribution in [0.1, 0.15) is 34.1 Å². The highest BCUT2D eigenvalue weighted by molar-refractivity contribution is 5.99. The number of hydrogen-bond acceptors (Lipinski definition) is 10. The van der Waals surface area contributed by atoms with Crippen LogP contribution in [0.5, 0.6) is 0 Å². The summed E-state index contributed by atoms with van der Waals surface area (Å²) in [6.07, 6.45) is 3.15. The standard InChI is InChI=1S/C34H47N9O3/c1-6-29-22-43(21-25(4)46-29)32-17-31(42-19-23(2)45-24(3)20-42)38-33(39-32)26-7-9-27(10-8-26)36-34(44)37-28-11-12-30(35-18-28)41-15-13-40(5)14-16-41/h7-12,17-18,23-25,29H,6,13-16,19-22H2,1-5H3,(H2,36,37,44)/t23-,24+,25?,29?. The zero-order chi connectivity index (χ0) is 32.2. The maximum absolute atomic E-state index is 12.8. The van der Waals surface area contributed by atoms with Gasteiger partial charge in [0.25, 0.3) is 0 Å². The number of ether oxygens (including phenoxy) is 2. The van der Waals surface area contributed by atoms with Gasteiger partial charge in [-0.1, -0.05) is 6.92 Å². The number of nitrogens with zero attached hydrogens (tertiary/aromatic N) is 7. The number of carbonyl (C=O) groups is 1. The van der Waals surface area contributed by atoms with Gasteiger partial charge in [0.2, 0.25) is 0 Å². The molecule has 5 heterocycles. The number of likely N-dealkylation sites (N-methyl/N-ethyl adjacent to an activating group) is 1. The molecule has 0 spiro atoms. The first-order chi connectivity index (χ1) is 22.2. The van der Waals surface area contributed by atoms with Crippen molar-refractivity contribution in [2.75, 3.05) is 84.7 Å². The lowest BCUT2D eigenvalue weighted by molar-refractivity contribution is -0.0174. The van der Waals surface area contributed by atoms with Crippen LogP contribution in [-0.4, -0.2) is 110 Å². The summed E-state index contributed by atoms with van der Waals surface area (Å²) in [7, 11) is 2.13. The van der Waals surface area contributed by atoms with Crippen LogP contribution >= 0.6 is 0 Å². The van der Waals surface area contributed by atoms with Gasteiger partial charge in [-0.3, -0.25) is 0 Å². The SMILES string of the molecule is CCC1CN(c2cc(N3C[C@@H](C)O[C@@H](C)C3)nc(-c3ccc(NC(=O)Nc4ccc(N5CCN(C)CC5)nc4)cc3)n2)CC(C)O1. The van der Waals surface area contributed by atoms with Gasteiger partial charge in [-0.05, 0) is 70.6 Å². The molecule has 246 valence electrons. The minimum atomic E-state index is -0.329. The van der Waals surface area contributed by atoms with Crippen LogP contribution in [0.3, 0.4) is 0 Å². The lowest BCUT2D eigenvalue weighted by Gasteiger charge is -2.39. The Bertz CT molecular complexity index is 1450. The minimum Gasteiger partial charge on any atom is -0.372 e. The number of pyridine rings is 1. The molecule has 2 aromatic heterocycles. The van der Waals surface area contributed by atoms with Crippen molar-refractivity contribution in [2.45, 2.75) is 58.5 Å². The zero-order valence-electron chi connectivity index (χ0n) is 27.6. The van der Waals surface area contributed by atoms with E-state index in [1.807, 2.05) is 36.4 Å². The van der Waals surface area contributed by atoms with E-state index in [1.165, 1.54) is 0 Å². The molecule has 6 rings (SSSR count). The Morgan fingerprint density at radius 3 is 1.96 bits per heavy atom. The number of aromatic nitrogens is 3. The van der Waals surface area contributed by atoms with Crippen molar-refractivity contribution >= 4 is 34.9 Å². The smallest absolute Gasteiger partial charge is 0.323 e. The Labute approximate surface area is 272 Å². The maximum atomic E-state index is 12.8. The highest BCUT2D eigenvalue weighted by Crippen LogP contribution is 2.29. The summed E-state index contributed by atoms with van der Waals surface area (Å²) in [5.74, 6) is 3.36. The van der Waals surface area contributed by atoms with Gasteiger partial charge < -0.3 is 39.7 Å². The number of anilines is 5. The minimum absolute atomic E-state index is 0.112. The molecule has 0 saturated carbocycles. The van der Waals surface area contributed by atoms with Gasteiger partial charge in [0.1, 0.15) is 17.5 Å². The van der Waals surface area contributed by atoms with Gasteiger partial charge >= 0.3 is 6.03 Å². The van der Waals surface area contributed by atoms with Crippen molar-refractivity contribution in [1.82, 2.24) is 19.9 Å². The molecular weight excluding hydrogens is 582 g/mol. The molecule has 3 saturated heterocycles. The molecule has 0 bridgehead atoms. The molecule has 12 heteroatoms. The number of piperazine rings is 1. The Morgan fingerprint density at radius 2 is 1.35 bits per heavy atom. The Kier molecular flexibility index (Phi) is 9.86. The summed E-state index contributed by atoms with van der Waals surface area (Å²) in [5, 5.41) is 5.81. The van der Waals surface area contributed by atoms with Crippen LogP contribution < -0.4 is 25.3 Å². The maximum Gasteiger partial charge on any atom is 0.323 e. The van der Waals surface area contributed by atoms with Crippen molar-refractivity contribution < 1.29 is 14.3 Å². The van der Waals surface area contributed by atoms with E-state index in [4.69, 9.17) is 19.4 Å². The fourth-order valence-electron chi connectivity index (χ4n) is 6.38. The first-order valence-corrected chi connectivity index (χ1v) is 16.5. The summed E-state index contributed by atoms with van der Waals surface area (Å²) in [6, 6.07) is 13.3. The fraction of sp³-hybridized carbons (Fsp3) is 0.529. The molecule has 3 aliphatic heterocycles. The van der Waals surface area contributed by atoms with Crippen molar-refractivity contribution in [3.8, 4) is 11.4 Å².